The van der Waals surface area contributed by atoms with Crippen LogP contribution in [-0.4, -0.2) is 14.2 Å². The van der Waals surface area contributed by atoms with Crippen molar-refractivity contribution in [2.45, 2.75) is 46.5 Å². The summed E-state index contributed by atoms with van der Waals surface area (Å²) in [5.41, 5.74) is 2.80. The van der Waals surface area contributed by atoms with Gasteiger partial charge in [0, 0.05) is 0 Å². The van der Waals surface area contributed by atoms with Crippen LogP contribution < -0.4 is 9.47 Å². The minimum Gasteiger partial charge on any atom is -0.493 e. The molecule has 102 valence electrons. The Hall–Kier alpha value is -1.18. The normalized spacial score (nSPS) is 10.8. The van der Waals surface area contributed by atoms with Crippen LogP contribution >= 0.6 is 0 Å². The summed E-state index contributed by atoms with van der Waals surface area (Å²) in [6.07, 6.45) is 4.66. The highest BCUT2D eigenvalue weighted by Crippen LogP contribution is 2.32. The number of methoxy groups -OCH3 is 2. The zero-order chi connectivity index (χ0) is 13.5. The van der Waals surface area contributed by atoms with Crippen molar-refractivity contribution in [1.82, 2.24) is 0 Å². The molecule has 0 aliphatic rings. The predicted octanol–water partition coefficient (Wildman–Crippen LogP) is 4.24. The fourth-order valence-corrected chi connectivity index (χ4v) is 2.19. The van der Waals surface area contributed by atoms with E-state index in [2.05, 4.69) is 32.9 Å². The van der Waals surface area contributed by atoms with Crippen LogP contribution in [0.5, 0.6) is 11.5 Å². The Morgan fingerprint density at radius 2 is 1.56 bits per heavy atom. The van der Waals surface area contributed by atoms with Gasteiger partial charge < -0.3 is 9.47 Å². The van der Waals surface area contributed by atoms with E-state index in [0.29, 0.717) is 5.92 Å². The molecule has 0 aromatic heterocycles. The van der Waals surface area contributed by atoms with Crippen molar-refractivity contribution in [2.24, 2.45) is 5.92 Å². The molecule has 2 nitrogen and oxygen atoms in total. The second-order valence-corrected chi connectivity index (χ2v) is 5.18. The summed E-state index contributed by atoms with van der Waals surface area (Å²) in [6, 6.07) is 4.29. The van der Waals surface area contributed by atoms with Gasteiger partial charge in [0.25, 0.3) is 0 Å². The molecule has 0 saturated heterocycles. The van der Waals surface area contributed by atoms with E-state index in [4.69, 9.17) is 9.47 Å². The van der Waals surface area contributed by atoms with Crippen molar-refractivity contribution in [3.63, 3.8) is 0 Å². The Morgan fingerprint density at radius 1 is 1.00 bits per heavy atom. The minimum absolute atomic E-state index is 0.656. The van der Waals surface area contributed by atoms with Crippen molar-refractivity contribution in [2.75, 3.05) is 14.2 Å². The summed E-state index contributed by atoms with van der Waals surface area (Å²) in [5, 5.41) is 0. The summed E-state index contributed by atoms with van der Waals surface area (Å²) in [7, 11) is 3.40. The van der Waals surface area contributed by atoms with E-state index in [0.717, 1.165) is 24.3 Å². The molecule has 2 heteroatoms. The fraction of sp³-hybridized carbons (Fsp3) is 0.625. The number of aryl methyl sites for hydroxylation is 1. The van der Waals surface area contributed by atoms with E-state index in [9.17, 15) is 0 Å². The van der Waals surface area contributed by atoms with Gasteiger partial charge in [-0.2, -0.15) is 0 Å². The quantitative estimate of drug-likeness (QED) is 0.720. The third-order valence-corrected chi connectivity index (χ3v) is 3.13. The van der Waals surface area contributed by atoms with Gasteiger partial charge in [-0.3, -0.25) is 0 Å². The molecule has 0 unspecified atom stereocenters. The molecule has 0 spiro atoms. The lowest BCUT2D eigenvalue weighted by Gasteiger charge is -2.16. The highest BCUT2D eigenvalue weighted by Gasteiger charge is 2.11. The van der Waals surface area contributed by atoms with Gasteiger partial charge in [0.1, 0.15) is 0 Å². The maximum Gasteiger partial charge on any atom is 0.161 e. The van der Waals surface area contributed by atoms with Crippen molar-refractivity contribution >= 4 is 0 Å². The molecular weight excluding hydrogens is 224 g/mol. The second-order valence-electron chi connectivity index (χ2n) is 5.18. The van der Waals surface area contributed by atoms with E-state index >= 15 is 0 Å². The molecule has 1 aromatic rings. The van der Waals surface area contributed by atoms with E-state index in [-0.39, 0.29) is 0 Å². The number of hydrogen-bond donors (Lipinski definition) is 0. The van der Waals surface area contributed by atoms with Crippen molar-refractivity contribution in [3.8, 4) is 11.5 Å². The Balaban J connectivity index is 3.09. The third kappa shape index (κ3) is 3.94. The molecule has 0 heterocycles. The molecular formula is C16H26O2. The van der Waals surface area contributed by atoms with Gasteiger partial charge in [-0.25, -0.2) is 0 Å². The third-order valence-electron chi connectivity index (χ3n) is 3.13. The average Bonchev–Trinajstić information content (AvgIpc) is 2.36. The van der Waals surface area contributed by atoms with Crippen LogP contribution in [0.4, 0.5) is 0 Å². The van der Waals surface area contributed by atoms with Crippen molar-refractivity contribution in [1.29, 1.82) is 0 Å². The van der Waals surface area contributed by atoms with E-state index in [1.165, 1.54) is 24.0 Å². The molecule has 0 radical (unpaired) electrons. The van der Waals surface area contributed by atoms with Crippen molar-refractivity contribution in [3.05, 3.63) is 23.3 Å². The van der Waals surface area contributed by atoms with Crippen LogP contribution in [-0.2, 0) is 12.8 Å². The highest BCUT2D eigenvalue weighted by molar-refractivity contribution is 5.47. The lowest BCUT2D eigenvalue weighted by atomic mass is 9.94. The highest BCUT2D eigenvalue weighted by atomic mass is 16.5. The van der Waals surface area contributed by atoms with Gasteiger partial charge in [0.05, 0.1) is 14.2 Å². The Morgan fingerprint density at radius 3 is 2.00 bits per heavy atom. The number of hydrogen-bond acceptors (Lipinski definition) is 2. The van der Waals surface area contributed by atoms with Gasteiger partial charge in [-0.15, -0.1) is 0 Å². The lowest BCUT2D eigenvalue weighted by molar-refractivity contribution is 0.353. The Labute approximate surface area is 111 Å². The first-order chi connectivity index (χ1) is 8.62. The summed E-state index contributed by atoms with van der Waals surface area (Å²) in [5.74, 6) is 2.34. The molecule has 0 N–H and O–H groups in total. The molecule has 0 aliphatic heterocycles. The molecule has 1 rings (SSSR count). The molecule has 0 amide bonds. The summed E-state index contributed by atoms with van der Waals surface area (Å²) in [4.78, 5) is 0. The molecule has 0 atom stereocenters. The SMILES string of the molecule is CCCCc1cc(OC)c(OC)cc1CC(C)C. The first-order valence-corrected chi connectivity index (χ1v) is 6.86. The first kappa shape index (κ1) is 14.9. The predicted molar refractivity (Wildman–Crippen MR) is 76.7 cm³/mol. The van der Waals surface area contributed by atoms with E-state index in [1.807, 2.05) is 0 Å². The number of benzene rings is 1. The van der Waals surface area contributed by atoms with Gasteiger partial charge in [-0.05, 0) is 48.4 Å². The van der Waals surface area contributed by atoms with Crippen LogP contribution in [0.2, 0.25) is 0 Å². The maximum absolute atomic E-state index is 5.39. The smallest absolute Gasteiger partial charge is 0.161 e. The minimum atomic E-state index is 0.656. The summed E-state index contributed by atoms with van der Waals surface area (Å²) in [6.45, 7) is 6.73. The summed E-state index contributed by atoms with van der Waals surface area (Å²) >= 11 is 0. The maximum atomic E-state index is 5.39. The zero-order valence-electron chi connectivity index (χ0n) is 12.4. The van der Waals surface area contributed by atoms with Gasteiger partial charge in [0.2, 0.25) is 0 Å². The molecule has 18 heavy (non-hydrogen) atoms. The lowest BCUT2D eigenvalue weighted by Crippen LogP contribution is -2.02. The van der Waals surface area contributed by atoms with E-state index < -0.39 is 0 Å². The van der Waals surface area contributed by atoms with Gasteiger partial charge >= 0.3 is 0 Å². The van der Waals surface area contributed by atoms with Crippen LogP contribution in [0.1, 0.15) is 44.7 Å². The number of ether oxygens (including phenoxy) is 2. The summed E-state index contributed by atoms with van der Waals surface area (Å²) < 4.78 is 10.8. The molecule has 0 aliphatic carbocycles. The average molecular weight is 250 g/mol. The van der Waals surface area contributed by atoms with Crippen LogP contribution in [0, 0.1) is 5.92 Å². The standard InChI is InChI=1S/C16H26O2/c1-6-7-8-13-10-15(17-4)16(18-5)11-14(13)9-12(2)3/h10-12H,6-9H2,1-5H3. The van der Waals surface area contributed by atoms with Crippen LogP contribution in [0.3, 0.4) is 0 Å². The molecule has 1 aromatic carbocycles. The first-order valence-electron chi connectivity index (χ1n) is 6.86. The van der Waals surface area contributed by atoms with E-state index in [1.54, 1.807) is 14.2 Å². The number of rotatable bonds is 7. The number of unbranched alkanes of at least 4 members (excludes halogenated alkanes) is 1. The monoisotopic (exact) mass is 250 g/mol. The Kier molecular flexibility index (Phi) is 6.03. The van der Waals surface area contributed by atoms with Crippen molar-refractivity contribution < 1.29 is 9.47 Å². The molecule has 0 bridgehead atoms. The topological polar surface area (TPSA) is 18.5 Å². The van der Waals surface area contributed by atoms with Crippen LogP contribution in [0.15, 0.2) is 12.1 Å². The molecule has 0 fully saturated rings. The van der Waals surface area contributed by atoms with Crippen LogP contribution in [0.25, 0.3) is 0 Å². The Bertz CT molecular complexity index is 370. The van der Waals surface area contributed by atoms with Gasteiger partial charge in [0.15, 0.2) is 11.5 Å². The van der Waals surface area contributed by atoms with Gasteiger partial charge in [-0.1, -0.05) is 27.2 Å². The zero-order valence-corrected chi connectivity index (χ0v) is 12.4. The molecule has 0 saturated carbocycles. The largest absolute Gasteiger partial charge is 0.493 e. The second kappa shape index (κ2) is 7.30. The fourth-order valence-electron chi connectivity index (χ4n) is 2.19.